The summed E-state index contributed by atoms with van der Waals surface area (Å²) in [5.74, 6) is -0.522. The molecule has 1 aromatic carbocycles. The largest absolute Gasteiger partial charge is 0.416 e. The summed E-state index contributed by atoms with van der Waals surface area (Å²) in [5, 5.41) is 2.72. The van der Waals surface area contributed by atoms with Crippen LogP contribution in [0.2, 0.25) is 5.02 Å². The molecule has 2 nitrogen and oxygen atoms in total. The van der Waals surface area contributed by atoms with Gasteiger partial charge in [-0.25, -0.2) is 4.39 Å². The second kappa shape index (κ2) is 10.2. The molecule has 1 aliphatic heterocycles. The van der Waals surface area contributed by atoms with Crippen LogP contribution in [-0.2, 0) is 6.18 Å². The number of nitrogens with one attached hydrogen (secondary N) is 1. The van der Waals surface area contributed by atoms with Crippen molar-refractivity contribution < 1.29 is 17.6 Å². The zero-order chi connectivity index (χ0) is 17.2. The van der Waals surface area contributed by atoms with Crippen LogP contribution in [0.3, 0.4) is 0 Å². The van der Waals surface area contributed by atoms with Crippen molar-refractivity contribution in [1.82, 2.24) is 10.2 Å². The number of hydrogen-bond acceptors (Lipinski definition) is 2. The van der Waals surface area contributed by atoms with Gasteiger partial charge in [0.2, 0.25) is 0 Å². The summed E-state index contributed by atoms with van der Waals surface area (Å²) >= 11 is 5.74. The van der Waals surface area contributed by atoms with Gasteiger partial charge in [-0.05, 0) is 24.5 Å². The standard InChI is InChI=1S/C16H21ClF4N2.2ClH/c1-10(2)7-14(23-5-3-22-4-6-23)12-8-11(16(19,20)21)9-13(17)15(12)18;;/h8-10,14,22H,3-7H2,1-2H3;2*1H/t14-;;/m1../s1. The van der Waals surface area contributed by atoms with Crippen molar-refractivity contribution in [3.05, 3.63) is 34.1 Å². The van der Waals surface area contributed by atoms with Crippen molar-refractivity contribution in [3.8, 4) is 0 Å². The van der Waals surface area contributed by atoms with E-state index in [0.29, 0.717) is 25.6 Å². The Bertz CT molecular complexity index is 547. The highest BCUT2D eigenvalue weighted by Gasteiger charge is 2.34. The molecule has 0 saturated carbocycles. The minimum Gasteiger partial charge on any atom is -0.314 e. The third kappa shape index (κ3) is 6.43. The number of alkyl halides is 3. The molecule has 1 N–H and O–H groups in total. The first-order valence-corrected chi connectivity index (χ1v) is 8.09. The van der Waals surface area contributed by atoms with Gasteiger partial charge >= 0.3 is 6.18 Å². The average molecular weight is 426 g/mol. The molecule has 1 aromatic rings. The topological polar surface area (TPSA) is 15.3 Å². The van der Waals surface area contributed by atoms with Gasteiger partial charge in [0.25, 0.3) is 0 Å². The van der Waals surface area contributed by atoms with Gasteiger partial charge in [-0.15, -0.1) is 24.8 Å². The van der Waals surface area contributed by atoms with Crippen molar-refractivity contribution in [2.45, 2.75) is 32.5 Å². The molecule has 0 spiro atoms. The monoisotopic (exact) mass is 424 g/mol. The van der Waals surface area contributed by atoms with Gasteiger partial charge in [0, 0.05) is 37.8 Å². The van der Waals surface area contributed by atoms with Crippen molar-refractivity contribution in [1.29, 1.82) is 0 Å². The van der Waals surface area contributed by atoms with Crippen molar-refractivity contribution in [2.24, 2.45) is 5.92 Å². The molecular weight excluding hydrogens is 403 g/mol. The highest BCUT2D eigenvalue weighted by molar-refractivity contribution is 6.30. The molecule has 0 amide bonds. The zero-order valence-electron chi connectivity index (χ0n) is 14.0. The lowest BCUT2D eigenvalue weighted by Gasteiger charge is -2.36. The molecule has 0 bridgehead atoms. The quantitative estimate of drug-likeness (QED) is 0.656. The Balaban J connectivity index is 0.00000288. The van der Waals surface area contributed by atoms with Crippen LogP contribution in [0.15, 0.2) is 12.1 Å². The number of piperazine rings is 1. The van der Waals surface area contributed by atoms with Crippen molar-refractivity contribution in [2.75, 3.05) is 26.2 Å². The van der Waals surface area contributed by atoms with Crippen LogP contribution < -0.4 is 5.32 Å². The molecule has 0 unspecified atom stereocenters. The fourth-order valence-corrected chi connectivity index (χ4v) is 3.16. The molecule has 0 aliphatic carbocycles. The van der Waals surface area contributed by atoms with Crippen molar-refractivity contribution >= 4 is 36.4 Å². The van der Waals surface area contributed by atoms with Gasteiger partial charge in [0.1, 0.15) is 5.82 Å². The SMILES string of the molecule is CC(C)C[C@H](c1cc(C(F)(F)F)cc(Cl)c1F)N1CCNCC1.Cl.Cl. The van der Waals surface area contributed by atoms with Gasteiger partial charge in [0.05, 0.1) is 10.6 Å². The van der Waals surface area contributed by atoms with Crippen LogP contribution in [0.5, 0.6) is 0 Å². The van der Waals surface area contributed by atoms with E-state index in [2.05, 4.69) is 5.32 Å². The van der Waals surface area contributed by atoms with E-state index in [0.717, 1.165) is 19.2 Å². The van der Waals surface area contributed by atoms with Gasteiger partial charge in [0.15, 0.2) is 0 Å². The first-order valence-electron chi connectivity index (χ1n) is 7.71. The molecule has 0 aromatic heterocycles. The first kappa shape index (κ1) is 24.7. The van der Waals surface area contributed by atoms with Crippen LogP contribution in [0.1, 0.15) is 37.4 Å². The Labute approximate surface area is 163 Å². The van der Waals surface area contributed by atoms with Crippen LogP contribution in [0, 0.1) is 11.7 Å². The van der Waals surface area contributed by atoms with Crippen LogP contribution in [-0.4, -0.2) is 31.1 Å². The summed E-state index contributed by atoms with van der Waals surface area (Å²) in [6, 6.07) is 1.16. The fourth-order valence-electron chi connectivity index (χ4n) is 2.93. The summed E-state index contributed by atoms with van der Waals surface area (Å²) in [5.41, 5.74) is -0.858. The normalized spacial score (nSPS) is 17.0. The van der Waals surface area contributed by atoms with E-state index in [1.165, 1.54) is 0 Å². The maximum absolute atomic E-state index is 14.5. The lowest BCUT2D eigenvalue weighted by atomic mass is 9.93. The smallest absolute Gasteiger partial charge is 0.314 e. The lowest BCUT2D eigenvalue weighted by Crippen LogP contribution is -2.45. The molecule has 1 fully saturated rings. The summed E-state index contributed by atoms with van der Waals surface area (Å²) in [6.07, 6.45) is -3.97. The molecule has 1 aliphatic rings. The Hall–Kier alpha value is -0.270. The Morgan fingerprint density at radius 1 is 1.16 bits per heavy atom. The minimum absolute atomic E-state index is 0. The van der Waals surface area contributed by atoms with E-state index < -0.39 is 28.6 Å². The number of benzene rings is 1. The predicted molar refractivity (Wildman–Crippen MR) is 97.5 cm³/mol. The van der Waals surface area contributed by atoms with E-state index in [1.54, 1.807) is 0 Å². The second-order valence-electron chi connectivity index (χ2n) is 6.29. The Morgan fingerprint density at radius 3 is 2.20 bits per heavy atom. The Morgan fingerprint density at radius 2 is 1.72 bits per heavy atom. The van der Waals surface area contributed by atoms with Crippen LogP contribution in [0.25, 0.3) is 0 Å². The number of halogens is 7. The maximum Gasteiger partial charge on any atom is 0.416 e. The third-order valence-electron chi connectivity index (χ3n) is 4.03. The summed E-state index contributed by atoms with van der Waals surface area (Å²) in [4.78, 5) is 2.03. The van der Waals surface area contributed by atoms with E-state index in [-0.39, 0.29) is 36.3 Å². The molecule has 1 heterocycles. The van der Waals surface area contributed by atoms with Gasteiger partial charge in [-0.1, -0.05) is 25.4 Å². The second-order valence-corrected chi connectivity index (χ2v) is 6.70. The number of hydrogen-bond donors (Lipinski definition) is 1. The first-order chi connectivity index (χ1) is 10.7. The van der Waals surface area contributed by atoms with Gasteiger partial charge in [-0.2, -0.15) is 13.2 Å². The highest BCUT2D eigenvalue weighted by atomic mass is 35.5. The molecule has 0 radical (unpaired) electrons. The van der Waals surface area contributed by atoms with E-state index in [1.807, 2.05) is 18.7 Å². The van der Waals surface area contributed by atoms with E-state index in [4.69, 9.17) is 11.6 Å². The van der Waals surface area contributed by atoms with E-state index >= 15 is 0 Å². The summed E-state index contributed by atoms with van der Waals surface area (Å²) in [7, 11) is 0. The number of rotatable bonds is 4. The van der Waals surface area contributed by atoms with E-state index in [9.17, 15) is 17.6 Å². The molecule has 1 atom stereocenters. The summed E-state index contributed by atoms with van der Waals surface area (Å²) in [6.45, 7) is 6.77. The number of nitrogens with zero attached hydrogens (tertiary/aromatic N) is 1. The molecular formula is C16H23Cl3F4N2. The molecule has 9 heteroatoms. The molecule has 25 heavy (non-hydrogen) atoms. The predicted octanol–water partition coefficient (Wildman–Crippen LogP) is 5.33. The zero-order valence-corrected chi connectivity index (χ0v) is 16.4. The Kier molecular flexibility index (Phi) is 10.1. The summed E-state index contributed by atoms with van der Waals surface area (Å²) < 4.78 is 53.6. The van der Waals surface area contributed by atoms with Crippen LogP contribution >= 0.6 is 36.4 Å². The average Bonchev–Trinajstić information content (AvgIpc) is 2.47. The van der Waals surface area contributed by atoms with Crippen molar-refractivity contribution in [3.63, 3.8) is 0 Å². The van der Waals surface area contributed by atoms with Crippen LogP contribution in [0.4, 0.5) is 17.6 Å². The highest BCUT2D eigenvalue weighted by Crippen LogP contribution is 2.38. The minimum atomic E-state index is -4.54. The molecule has 2 rings (SSSR count). The fraction of sp³-hybridized carbons (Fsp3) is 0.625. The molecule has 1 saturated heterocycles. The van der Waals surface area contributed by atoms with Gasteiger partial charge in [-0.3, -0.25) is 4.90 Å². The third-order valence-corrected chi connectivity index (χ3v) is 4.30. The maximum atomic E-state index is 14.5. The molecule has 146 valence electrons. The van der Waals surface area contributed by atoms with Gasteiger partial charge < -0.3 is 5.32 Å². The lowest BCUT2D eigenvalue weighted by molar-refractivity contribution is -0.137.